The van der Waals surface area contributed by atoms with E-state index >= 15 is 0 Å². The third kappa shape index (κ3) is 5.25. The van der Waals surface area contributed by atoms with Crippen molar-refractivity contribution in [3.05, 3.63) is 68.4 Å². The Labute approximate surface area is 225 Å². The number of nitrogens with one attached hydrogen (secondary N) is 1. The van der Waals surface area contributed by atoms with E-state index in [0.29, 0.717) is 18.7 Å². The highest BCUT2D eigenvalue weighted by atomic mass is 32.1. The van der Waals surface area contributed by atoms with Crippen LogP contribution in [0.15, 0.2) is 46.6 Å². The quantitative estimate of drug-likeness (QED) is 0.327. The number of aromatic amines is 1. The Hall–Kier alpha value is -3.08. The molecule has 4 aromatic rings. The average Bonchev–Trinajstić information content (AvgIpc) is 3.73. The first-order chi connectivity index (χ1) is 18.7. The molecule has 1 aliphatic carbocycles. The van der Waals surface area contributed by atoms with E-state index in [1.807, 2.05) is 28.9 Å². The number of thiophene rings is 1. The molecule has 3 aromatic heterocycles. The van der Waals surface area contributed by atoms with E-state index in [9.17, 15) is 4.79 Å². The topological polar surface area (TPSA) is 98.2 Å². The molecular weight excluding hydrogens is 500 g/mol. The van der Waals surface area contributed by atoms with Crippen molar-refractivity contribution in [2.24, 2.45) is 0 Å². The summed E-state index contributed by atoms with van der Waals surface area (Å²) >= 11 is 1.72. The Morgan fingerprint density at radius 2 is 2.08 bits per heavy atom. The van der Waals surface area contributed by atoms with Crippen LogP contribution in [0.5, 0.6) is 5.75 Å². The maximum Gasteiger partial charge on any atom is 0.253 e. The van der Waals surface area contributed by atoms with Crippen LogP contribution in [0.1, 0.15) is 73.3 Å². The monoisotopic (exact) mass is 534 g/mol. The summed E-state index contributed by atoms with van der Waals surface area (Å²) < 4.78 is 13.6. The summed E-state index contributed by atoms with van der Waals surface area (Å²) in [5.74, 6) is 1.47. The molecule has 1 saturated carbocycles. The maximum absolute atomic E-state index is 13.7. The smallest absolute Gasteiger partial charge is 0.253 e. The third-order valence-electron chi connectivity index (χ3n) is 7.82. The number of methoxy groups -OCH3 is 1. The summed E-state index contributed by atoms with van der Waals surface area (Å²) in [7, 11) is 1.65. The molecule has 1 aliphatic heterocycles. The second-order valence-corrected chi connectivity index (χ2v) is 11.4. The second kappa shape index (κ2) is 11.3. The molecule has 200 valence electrons. The summed E-state index contributed by atoms with van der Waals surface area (Å²) in [6, 6.07) is 11.7. The van der Waals surface area contributed by atoms with Gasteiger partial charge in [-0.1, -0.05) is 25.3 Å². The summed E-state index contributed by atoms with van der Waals surface area (Å²) in [6.45, 7) is 2.14. The second-order valence-electron chi connectivity index (χ2n) is 10.3. The standard InChI is InChI=1S/C28H34N6O3S/c1-36-21-11-12-25-19(15-21)16-24(28(35)29-25)26(27-30-31-32-34(27)20-7-3-2-4-8-20)33(17-22-9-5-13-37-22)18-23-10-6-14-38-23/h6,10-12,14-16,20,22,26H,2-5,7-9,13,17-18H2,1H3,(H,29,35). The number of fused-ring (bicyclic) bond motifs is 1. The van der Waals surface area contributed by atoms with Crippen molar-refractivity contribution in [1.82, 2.24) is 30.1 Å². The third-order valence-corrected chi connectivity index (χ3v) is 8.69. The Bertz CT molecular complexity index is 1410. The van der Waals surface area contributed by atoms with Gasteiger partial charge in [0.25, 0.3) is 5.56 Å². The number of nitrogens with zero attached hydrogens (tertiary/aromatic N) is 5. The van der Waals surface area contributed by atoms with E-state index < -0.39 is 6.04 Å². The number of hydrogen-bond acceptors (Lipinski definition) is 8. The number of benzene rings is 1. The fourth-order valence-corrected chi connectivity index (χ4v) is 6.64. The van der Waals surface area contributed by atoms with Crippen LogP contribution in [0.2, 0.25) is 0 Å². The van der Waals surface area contributed by atoms with E-state index in [1.165, 1.54) is 24.1 Å². The highest BCUT2D eigenvalue weighted by Gasteiger charge is 2.35. The van der Waals surface area contributed by atoms with Gasteiger partial charge in [0.1, 0.15) is 11.8 Å². The Morgan fingerprint density at radius 3 is 2.84 bits per heavy atom. The summed E-state index contributed by atoms with van der Waals surface area (Å²) in [5.41, 5.74) is 1.27. The lowest BCUT2D eigenvalue weighted by Gasteiger charge is -2.33. The zero-order valence-electron chi connectivity index (χ0n) is 21.7. The van der Waals surface area contributed by atoms with Crippen LogP contribution in [0.4, 0.5) is 0 Å². The normalized spacial score (nSPS) is 19.4. The van der Waals surface area contributed by atoms with Gasteiger partial charge in [0.05, 0.1) is 19.3 Å². The number of ether oxygens (including phenoxy) is 2. The molecule has 9 nitrogen and oxygen atoms in total. The maximum atomic E-state index is 13.7. The minimum atomic E-state index is -0.433. The molecular formula is C28H34N6O3S. The number of tetrazole rings is 1. The number of pyridine rings is 1. The molecule has 6 rings (SSSR count). The molecule has 1 N–H and O–H groups in total. The molecule has 1 aromatic carbocycles. The molecule has 1 saturated heterocycles. The number of aromatic nitrogens is 5. The van der Waals surface area contributed by atoms with Crippen LogP contribution >= 0.6 is 11.3 Å². The van der Waals surface area contributed by atoms with Crippen molar-refractivity contribution in [3.63, 3.8) is 0 Å². The Morgan fingerprint density at radius 1 is 1.18 bits per heavy atom. The van der Waals surface area contributed by atoms with Gasteiger partial charge in [0.2, 0.25) is 0 Å². The Kier molecular flexibility index (Phi) is 7.53. The lowest BCUT2D eigenvalue weighted by atomic mass is 9.95. The summed E-state index contributed by atoms with van der Waals surface area (Å²) in [5, 5.41) is 16.2. The predicted octanol–water partition coefficient (Wildman–Crippen LogP) is 4.86. The summed E-state index contributed by atoms with van der Waals surface area (Å²) in [4.78, 5) is 20.4. The first-order valence-electron chi connectivity index (χ1n) is 13.6. The predicted molar refractivity (Wildman–Crippen MR) is 147 cm³/mol. The van der Waals surface area contributed by atoms with E-state index in [4.69, 9.17) is 9.47 Å². The molecule has 10 heteroatoms. The molecule has 2 fully saturated rings. The fraction of sp³-hybridized carbons (Fsp3) is 0.500. The molecule has 4 heterocycles. The molecule has 38 heavy (non-hydrogen) atoms. The first-order valence-corrected chi connectivity index (χ1v) is 14.4. The van der Waals surface area contributed by atoms with Crippen LogP contribution in [-0.4, -0.2) is 56.5 Å². The van der Waals surface area contributed by atoms with Crippen LogP contribution in [0.25, 0.3) is 10.9 Å². The molecule has 0 spiro atoms. The first kappa shape index (κ1) is 25.2. The summed E-state index contributed by atoms with van der Waals surface area (Å²) in [6.07, 6.45) is 7.84. The van der Waals surface area contributed by atoms with Gasteiger partial charge in [-0.25, -0.2) is 4.68 Å². The molecule has 0 bridgehead atoms. The lowest BCUT2D eigenvalue weighted by Crippen LogP contribution is -2.39. The number of rotatable bonds is 9. The van der Waals surface area contributed by atoms with E-state index in [-0.39, 0.29) is 17.7 Å². The molecule has 2 aliphatic rings. The van der Waals surface area contributed by atoms with Crippen molar-refractivity contribution in [2.75, 3.05) is 20.3 Å². The largest absolute Gasteiger partial charge is 0.497 e. The van der Waals surface area contributed by atoms with Crippen LogP contribution in [0, 0.1) is 0 Å². The van der Waals surface area contributed by atoms with Crippen molar-refractivity contribution < 1.29 is 9.47 Å². The van der Waals surface area contributed by atoms with Gasteiger partial charge < -0.3 is 14.5 Å². The molecule has 0 amide bonds. The van der Waals surface area contributed by atoms with Crippen molar-refractivity contribution in [1.29, 1.82) is 0 Å². The highest BCUT2D eigenvalue weighted by molar-refractivity contribution is 7.09. The molecule has 2 atom stereocenters. The van der Waals surface area contributed by atoms with Crippen LogP contribution in [-0.2, 0) is 11.3 Å². The van der Waals surface area contributed by atoms with Crippen molar-refractivity contribution in [2.45, 2.75) is 69.7 Å². The van der Waals surface area contributed by atoms with Crippen LogP contribution in [0.3, 0.4) is 0 Å². The lowest BCUT2D eigenvalue weighted by molar-refractivity contribution is 0.0571. The zero-order chi connectivity index (χ0) is 25.9. The highest BCUT2D eigenvalue weighted by Crippen LogP contribution is 2.35. The van der Waals surface area contributed by atoms with Crippen molar-refractivity contribution in [3.8, 4) is 5.75 Å². The van der Waals surface area contributed by atoms with Gasteiger partial charge in [-0.2, -0.15) is 0 Å². The molecule has 2 unspecified atom stereocenters. The van der Waals surface area contributed by atoms with E-state index in [1.54, 1.807) is 18.4 Å². The zero-order valence-corrected chi connectivity index (χ0v) is 22.5. The van der Waals surface area contributed by atoms with Gasteiger partial charge in [-0.3, -0.25) is 9.69 Å². The fourth-order valence-electron chi connectivity index (χ4n) is 5.91. The minimum absolute atomic E-state index is 0.108. The Balaban J connectivity index is 1.50. The SMILES string of the molecule is COc1ccc2[nH]c(=O)c(C(c3nnnn3C3CCCCC3)N(Cc3cccs3)CC3CCCO3)cc2c1. The van der Waals surface area contributed by atoms with E-state index in [0.717, 1.165) is 54.8 Å². The van der Waals surface area contributed by atoms with Gasteiger partial charge in [0.15, 0.2) is 5.82 Å². The van der Waals surface area contributed by atoms with Gasteiger partial charge >= 0.3 is 0 Å². The average molecular weight is 535 g/mol. The van der Waals surface area contributed by atoms with Crippen LogP contribution < -0.4 is 10.3 Å². The number of hydrogen-bond donors (Lipinski definition) is 1. The van der Waals surface area contributed by atoms with E-state index in [2.05, 4.69) is 42.9 Å². The van der Waals surface area contributed by atoms with Gasteiger partial charge in [0, 0.05) is 41.0 Å². The molecule has 0 radical (unpaired) electrons. The van der Waals surface area contributed by atoms with Crippen molar-refractivity contribution >= 4 is 22.2 Å². The van der Waals surface area contributed by atoms with Gasteiger partial charge in [-0.05, 0) is 71.8 Å². The number of H-pyrrole nitrogens is 1. The van der Waals surface area contributed by atoms with Gasteiger partial charge in [-0.15, -0.1) is 16.4 Å². The minimum Gasteiger partial charge on any atom is -0.497 e.